The molecule has 3 heterocycles. The van der Waals surface area contributed by atoms with Crippen molar-refractivity contribution in [2.45, 2.75) is 38.3 Å². The van der Waals surface area contributed by atoms with Crippen molar-refractivity contribution in [1.82, 2.24) is 14.5 Å². The maximum atomic E-state index is 12.8. The summed E-state index contributed by atoms with van der Waals surface area (Å²) >= 11 is 7.27. The molecule has 2 amide bonds. The number of amides is 2. The van der Waals surface area contributed by atoms with Gasteiger partial charge in [0.15, 0.2) is 0 Å². The van der Waals surface area contributed by atoms with Gasteiger partial charge in [-0.05, 0) is 25.5 Å². The molecule has 2 saturated heterocycles. The Kier molecular flexibility index (Phi) is 7.21. The standard InChI is InChI=1S/C18H26ClN3O5S2/c1-12(15-3-4-16(19)28-15)11-29(25,26)20-14-5-6-22(18(14)24)13(2)17(23)21-7-9-27-10-8-21/h3-4,12-14,20H,5-11H2,1-2H3/t12-,13+,14+/m1/s1. The van der Waals surface area contributed by atoms with Gasteiger partial charge >= 0.3 is 0 Å². The lowest BCUT2D eigenvalue weighted by atomic mass is 10.2. The Hall–Kier alpha value is -1.20. The van der Waals surface area contributed by atoms with Crippen molar-refractivity contribution in [1.29, 1.82) is 0 Å². The summed E-state index contributed by atoms with van der Waals surface area (Å²) in [7, 11) is -3.67. The third-order valence-corrected chi connectivity index (χ3v) is 8.30. The van der Waals surface area contributed by atoms with Gasteiger partial charge in [0.25, 0.3) is 0 Å². The van der Waals surface area contributed by atoms with E-state index in [2.05, 4.69) is 4.72 Å². The van der Waals surface area contributed by atoms with Gasteiger partial charge in [0.2, 0.25) is 21.8 Å². The van der Waals surface area contributed by atoms with Crippen LogP contribution in [0.4, 0.5) is 0 Å². The van der Waals surface area contributed by atoms with Gasteiger partial charge in [-0.1, -0.05) is 18.5 Å². The number of morpholine rings is 1. The lowest BCUT2D eigenvalue weighted by Gasteiger charge is -2.32. The van der Waals surface area contributed by atoms with E-state index in [9.17, 15) is 18.0 Å². The van der Waals surface area contributed by atoms with Gasteiger partial charge in [-0.15, -0.1) is 11.3 Å². The van der Waals surface area contributed by atoms with Crippen LogP contribution in [0.3, 0.4) is 0 Å². The molecule has 0 aliphatic carbocycles. The number of halogens is 1. The predicted octanol–water partition coefficient (Wildman–Crippen LogP) is 1.27. The monoisotopic (exact) mass is 463 g/mol. The first-order chi connectivity index (χ1) is 13.7. The van der Waals surface area contributed by atoms with Crippen molar-refractivity contribution in [3.63, 3.8) is 0 Å². The molecule has 0 radical (unpaired) electrons. The number of nitrogens with zero attached hydrogens (tertiary/aromatic N) is 2. The van der Waals surface area contributed by atoms with Crippen LogP contribution in [0.5, 0.6) is 0 Å². The van der Waals surface area contributed by atoms with E-state index in [0.717, 1.165) is 4.88 Å². The van der Waals surface area contributed by atoms with Gasteiger partial charge in [0.05, 0.1) is 23.3 Å². The third kappa shape index (κ3) is 5.49. The fraction of sp³-hybridized carbons (Fsp3) is 0.667. The number of rotatable bonds is 7. The zero-order valence-corrected chi connectivity index (χ0v) is 18.9. The molecular weight excluding hydrogens is 438 g/mol. The van der Waals surface area contributed by atoms with Gasteiger partial charge < -0.3 is 14.5 Å². The minimum absolute atomic E-state index is 0.129. The Morgan fingerprint density at radius 3 is 2.62 bits per heavy atom. The zero-order valence-electron chi connectivity index (χ0n) is 16.5. The number of carbonyl (C=O) groups is 2. The van der Waals surface area contributed by atoms with Crippen LogP contribution in [0, 0.1) is 0 Å². The molecule has 1 aromatic heterocycles. The zero-order chi connectivity index (χ0) is 21.2. The van der Waals surface area contributed by atoms with Gasteiger partial charge in [-0.2, -0.15) is 0 Å². The SMILES string of the molecule is C[C@H](CS(=O)(=O)N[C@H]1CCN([C@@H](C)C(=O)N2CCOCC2)C1=O)c1ccc(Cl)s1. The second-order valence-corrected chi connectivity index (χ2v) is 11.0. The first-order valence-electron chi connectivity index (χ1n) is 9.60. The largest absolute Gasteiger partial charge is 0.378 e. The second kappa shape index (κ2) is 9.30. The van der Waals surface area contributed by atoms with Crippen molar-refractivity contribution < 1.29 is 22.7 Å². The molecule has 11 heteroatoms. The van der Waals surface area contributed by atoms with Crippen molar-refractivity contribution >= 4 is 44.8 Å². The minimum Gasteiger partial charge on any atom is -0.378 e. The number of sulfonamides is 1. The van der Waals surface area contributed by atoms with Crippen molar-refractivity contribution in [3.8, 4) is 0 Å². The fourth-order valence-electron chi connectivity index (χ4n) is 3.65. The molecule has 2 aliphatic heterocycles. The van der Waals surface area contributed by atoms with E-state index in [-0.39, 0.29) is 23.5 Å². The van der Waals surface area contributed by atoms with Crippen LogP contribution in [-0.2, 0) is 24.3 Å². The maximum Gasteiger partial charge on any atom is 0.245 e. The fourth-order valence-corrected chi connectivity index (χ4v) is 6.45. The van der Waals surface area contributed by atoms with Crippen LogP contribution < -0.4 is 4.72 Å². The minimum atomic E-state index is -3.67. The first kappa shape index (κ1) is 22.5. The molecule has 0 bridgehead atoms. The normalized spacial score (nSPS) is 22.7. The Balaban J connectivity index is 1.58. The molecule has 1 N–H and O–H groups in total. The number of ether oxygens (including phenoxy) is 1. The quantitative estimate of drug-likeness (QED) is 0.657. The van der Waals surface area contributed by atoms with Crippen LogP contribution >= 0.6 is 22.9 Å². The Bertz CT molecular complexity index is 853. The summed E-state index contributed by atoms with van der Waals surface area (Å²) in [5.41, 5.74) is 0. The third-order valence-electron chi connectivity index (χ3n) is 5.26. The van der Waals surface area contributed by atoms with Crippen LogP contribution in [0.1, 0.15) is 31.1 Å². The maximum absolute atomic E-state index is 12.8. The summed E-state index contributed by atoms with van der Waals surface area (Å²) in [5.74, 6) is -0.849. The summed E-state index contributed by atoms with van der Waals surface area (Å²) in [6.45, 7) is 5.84. The number of hydrogen-bond acceptors (Lipinski definition) is 6. The van der Waals surface area contributed by atoms with Crippen LogP contribution in [0.2, 0.25) is 4.34 Å². The molecule has 0 spiro atoms. The summed E-state index contributed by atoms with van der Waals surface area (Å²) in [6, 6.07) is 2.10. The molecule has 0 saturated carbocycles. The van der Waals surface area contributed by atoms with E-state index in [1.807, 2.05) is 13.0 Å². The lowest BCUT2D eigenvalue weighted by Crippen LogP contribution is -2.52. The van der Waals surface area contributed by atoms with E-state index in [4.69, 9.17) is 16.3 Å². The van der Waals surface area contributed by atoms with E-state index < -0.39 is 22.1 Å². The summed E-state index contributed by atoms with van der Waals surface area (Å²) < 4.78 is 33.5. The molecule has 162 valence electrons. The number of hydrogen-bond donors (Lipinski definition) is 1. The molecule has 1 aromatic rings. The molecule has 3 rings (SSSR count). The van der Waals surface area contributed by atoms with Gasteiger partial charge in [0, 0.05) is 30.4 Å². The topological polar surface area (TPSA) is 96.0 Å². The van der Waals surface area contributed by atoms with Crippen molar-refractivity contribution in [3.05, 3.63) is 21.3 Å². The lowest BCUT2D eigenvalue weighted by molar-refractivity contribution is -0.146. The Labute approximate surface area is 180 Å². The van der Waals surface area contributed by atoms with Crippen LogP contribution in [0.15, 0.2) is 12.1 Å². The number of carbonyl (C=O) groups excluding carboxylic acids is 2. The number of nitrogens with one attached hydrogen (secondary N) is 1. The predicted molar refractivity (Wildman–Crippen MR) is 112 cm³/mol. The van der Waals surface area contributed by atoms with Crippen molar-refractivity contribution in [2.24, 2.45) is 0 Å². The summed E-state index contributed by atoms with van der Waals surface area (Å²) in [4.78, 5) is 29.4. The van der Waals surface area contributed by atoms with Gasteiger partial charge in [-0.25, -0.2) is 13.1 Å². The molecule has 2 aliphatic rings. The molecule has 2 fully saturated rings. The van der Waals surface area contributed by atoms with Gasteiger partial charge in [-0.3, -0.25) is 9.59 Å². The van der Waals surface area contributed by atoms with E-state index in [0.29, 0.717) is 43.6 Å². The highest BCUT2D eigenvalue weighted by atomic mass is 35.5. The van der Waals surface area contributed by atoms with E-state index >= 15 is 0 Å². The average Bonchev–Trinajstić information content (AvgIpc) is 3.27. The summed E-state index contributed by atoms with van der Waals surface area (Å²) in [6.07, 6.45) is 0.345. The smallest absolute Gasteiger partial charge is 0.245 e. The molecule has 3 atom stereocenters. The van der Waals surface area contributed by atoms with Crippen LogP contribution in [0.25, 0.3) is 0 Å². The molecular formula is C18H26ClN3O5S2. The second-order valence-electron chi connectivity index (χ2n) is 7.43. The Morgan fingerprint density at radius 2 is 2.00 bits per heavy atom. The number of likely N-dealkylation sites (tertiary alicyclic amines) is 1. The first-order valence-corrected chi connectivity index (χ1v) is 12.4. The Morgan fingerprint density at radius 1 is 1.31 bits per heavy atom. The summed E-state index contributed by atoms with van der Waals surface area (Å²) in [5, 5.41) is 0. The molecule has 8 nitrogen and oxygen atoms in total. The molecule has 0 unspecified atom stereocenters. The van der Waals surface area contributed by atoms with Crippen molar-refractivity contribution in [2.75, 3.05) is 38.6 Å². The van der Waals surface area contributed by atoms with Crippen LogP contribution in [-0.4, -0.2) is 80.7 Å². The highest BCUT2D eigenvalue weighted by Gasteiger charge is 2.40. The highest BCUT2D eigenvalue weighted by Crippen LogP contribution is 2.29. The highest BCUT2D eigenvalue weighted by molar-refractivity contribution is 7.89. The van der Waals surface area contributed by atoms with E-state index in [1.54, 1.807) is 17.9 Å². The molecule has 29 heavy (non-hydrogen) atoms. The number of thiophene rings is 1. The van der Waals surface area contributed by atoms with E-state index in [1.165, 1.54) is 16.2 Å². The van der Waals surface area contributed by atoms with Gasteiger partial charge in [0.1, 0.15) is 12.1 Å². The average molecular weight is 464 g/mol. The molecule has 0 aromatic carbocycles.